The van der Waals surface area contributed by atoms with Crippen molar-refractivity contribution in [1.82, 2.24) is 9.62 Å². The summed E-state index contributed by atoms with van der Waals surface area (Å²) in [4.78, 5) is 0. The fourth-order valence-electron chi connectivity index (χ4n) is 3.38. The maximum Gasteiger partial charge on any atom is 0.214 e. The van der Waals surface area contributed by atoms with Gasteiger partial charge in [-0.05, 0) is 57.0 Å². The molecule has 1 heterocycles. The first-order valence-electron chi connectivity index (χ1n) is 7.82. The van der Waals surface area contributed by atoms with Gasteiger partial charge < -0.3 is 5.32 Å². The van der Waals surface area contributed by atoms with E-state index < -0.39 is 10.0 Å². The molecule has 0 aromatic carbocycles. The number of nitrogens with one attached hydrogen (secondary N) is 1. The van der Waals surface area contributed by atoms with E-state index in [1.807, 2.05) is 0 Å². The molecule has 2 aliphatic rings. The molecule has 1 aliphatic carbocycles. The molecule has 1 aliphatic heterocycles. The molecule has 2 rings (SSSR count). The molecule has 0 aromatic heterocycles. The van der Waals surface area contributed by atoms with Crippen molar-refractivity contribution in [2.24, 2.45) is 11.8 Å². The van der Waals surface area contributed by atoms with Crippen molar-refractivity contribution in [2.45, 2.75) is 45.4 Å². The van der Waals surface area contributed by atoms with E-state index in [0.29, 0.717) is 17.6 Å². The van der Waals surface area contributed by atoms with E-state index in [9.17, 15) is 8.42 Å². The van der Waals surface area contributed by atoms with Gasteiger partial charge in [0.05, 0.1) is 5.75 Å². The maximum atomic E-state index is 12.3. The fourth-order valence-corrected chi connectivity index (χ4v) is 5.05. The van der Waals surface area contributed by atoms with Gasteiger partial charge in [0.25, 0.3) is 0 Å². The Morgan fingerprint density at radius 2 is 1.79 bits per heavy atom. The average Bonchev–Trinajstić information content (AvgIpc) is 2.94. The summed E-state index contributed by atoms with van der Waals surface area (Å²) in [6, 6.07) is 0. The van der Waals surface area contributed by atoms with Crippen LogP contribution >= 0.6 is 0 Å². The summed E-state index contributed by atoms with van der Waals surface area (Å²) >= 11 is 0. The minimum Gasteiger partial charge on any atom is -0.317 e. The molecule has 0 aromatic rings. The molecular weight excluding hydrogens is 260 g/mol. The monoisotopic (exact) mass is 288 g/mol. The molecule has 1 N–H and O–H groups in total. The molecule has 1 saturated carbocycles. The molecule has 4 nitrogen and oxygen atoms in total. The maximum absolute atomic E-state index is 12.3. The van der Waals surface area contributed by atoms with Gasteiger partial charge in [0, 0.05) is 13.1 Å². The molecule has 2 fully saturated rings. The van der Waals surface area contributed by atoms with Crippen molar-refractivity contribution in [2.75, 3.05) is 31.9 Å². The third-order valence-electron chi connectivity index (χ3n) is 4.52. The standard InChI is InChI=1S/C14H28N2O2S/c1-2-8-15-9-3-4-10-19(17,18)16-11-13-6-5-7-14(13)12-16/h13-15H,2-12H2,1H3. The molecular formula is C14H28N2O2S. The SMILES string of the molecule is CCCNCCCCS(=O)(=O)N1CC2CCCC2C1. The molecule has 2 atom stereocenters. The number of nitrogens with zero attached hydrogens (tertiary/aromatic N) is 1. The fraction of sp³-hybridized carbons (Fsp3) is 1.00. The van der Waals surface area contributed by atoms with Crippen LogP contribution in [0.2, 0.25) is 0 Å². The van der Waals surface area contributed by atoms with Crippen molar-refractivity contribution in [3.8, 4) is 0 Å². The van der Waals surface area contributed by atoms with Crippen LogP contribution in [0.3, 0.4) is 0 Å². The van der Waals surface area contributed by atoms with Crippen molar-refractivity contribution in [1.29, 1.82) is 0 Å². The molecule has 0 amide bonds. The Hall–Kier alpha value is -0.130. The lowest BCUT2D eigenvalue weighted by molar-refractivity contribution is 0.443. The summed E-state index contributed by atoms with van der Waals surface area (Å²) in [7, 11) is -2.99. The van der Waals surface area contributed by atoms with Crippen LogP contribution in [0.5, 0.6) is 0 Å². The summed E-state index contributed by atoms with van der Waals surface area (Å²) < 4.78 is 26.3. The molecule has 19 heavy (non-hydrogen) atoms. The van der Waals surface area contributed by atoms with Crippen molar-refractivity contribution in [3.05, 3.63) is 0 Å². The zero-order valence-electron chi connectivity index (χ0n) is 12.1. The number of rotatable bonds is 8. The van der Waals surface area contributed by atoms with Crippen LogP contribution in [0.25, 0.3) is 0 Å². The molecule has 112 valence electrons. The van der Waals surface area contributed by atoms with Crippen LogP contribution in [-0.2, 0) is 10.0 Å². The molecule has 0 bridgehead atoms. The predicted molar refractivity (Wildman–Crippen MR) is 78.6 cm³/mol. The van der Waals surface area contributed by atoms with Gasteiger partial charge >= 0.3 is 0 Å². The number of sulfonamides is 1. The van der Waals surface area contributed by atoms with Crippen LogP contribution in [0.15, 0.2) is 0 Å². The highest BCUT2D eigenvalue weighted by Gasteiger charge is 2.40. The van der Waals surface area contributed by atoms with Gasteiger partial charge in [0.15, 0.2) is 0 Å². The molecule has 2 unspecified atom stereocenters. The number of hydrogen-bond donors (Lipinski definition) is 1. The first-order chi connectivity index (χ1) is 9.13. The van der Waals surface area contributed by atoms with E-state index in [4.69, 9.17) is 0 Å². The minimum atomic E-state index is -2.99. The minimum absolute atomic E-state index is 0.334. The lowest BCUT2D eigenvalue weighted by Crippen LogP contribution is -2.32. The van der Waals surface area contributed by atoms with Crippen LogP contribution < -0.4 is 5.32 Å². The molecule has 0 spiro atoms. The third kappa shape index (κ3) is 4.17. The molecule has 1 saturated heterocycles. The molecule has 5 heteroatoms. The summed E-state index contributed by atoms with van der Waals surface area (Å²) in [5, 5.41) is 3.31. The largest absolute Gasteiger partial charge is 0.317 e. The normalized spacial score (nSPS) is 27.8. The van der Waals surface area contributed by atoms with Crippen molar-refractivity contribution >= 4 is 10.0 Å². The highest BCUT2D eigenvalue weighted by molar-refractivity contribution is 7.89. The summed E-state index contributed by atoms with van der Waals surface area (Å²) in [6.07, 6.45) is 6.64. The van der Waals surface area contributed by atoms with Crippen LogP contribution in [0.4, 0.5) is 0 Å². The predicted octanol–water partition coefficient (Wildman–Crippen LogP) is 1.83. The van der Waals surface area contributed by atoms with Crippen molar-refractivity contribution < 1.29 is 8.42 Å². The van der Waals surface area contributed by atoms with Crippen molar-refractivity contribution in [3.63, 3.8) is 0 Å². The Balaban J connectivity index is 1.67. The molecule has 0 radical (unpaired) electrons. The Labute approximate surface area is 118 Å². The summed E-state index contributed by atoms with van der Waals surface area (Å²) in [5.41, 5.74) is 0. The van der Waals surface area contributed by atoms with E-state index in [-0.39, 0.29) is 0 Å². The van der Waals surface area contributed by atoms with Gasteiger partial charge in [0.2, 0.25) is 10.0 Å². The first-order valence-corrected chi connectivity index (χ1v) is 9.43. The van der Waals surface area contributed by atoms with E-state index in [1.54, 1.807) is 4.31 Å². The summed E-state index contributed by atoms with van der Waals surface area (Å²) in [6.45, 7) is 5.70. The lowest BCUT2D eigenvalue weighted by Gasteiger charge is -2.17. The highest BCUT2D eigenvalue weighted by atomic mass is 32.2. The van der Waals surface area contributed by atoms with Crippen LogP contribution in [0, 0.1) is 11.8 Å². The highest BCUT2D eigenvalue weighted by Crippen LogP contribution is 2.38. The van der Waals surface area contributed by atoms with Gasteiger partial charge in [-0.25, -0.2) is 12.7 Å². The smallest absolute Gasteiger partial charge is 0.214 e. The zero-order chi connectivity index (χ0) is 13.7. The first kappa shape index (κ1) is 15.3. The Bertz CT molecular complexity index is 358. The quantitative estimate of drug-likeness (QED) is 0.693. The van der Waals surface area contributed by atoms with E-state index >= 15 is 0 Å². The van der Waals surface area contributed by atoms with Crippen LogP contribution in [0.1, 0.15) is 45.4 Å². The second kappa shape index (κ2) is 7.04. The van der Waals surface area contributed by atoms with Gasteiger partial charge in [0.1, 0.15) is 0 Å². The van der Waals surface area contributed by atoms with E-state index in [2.05, 4.69) is 12.2 Å². The van der Waals surface area contributed by atoms with Gasteiger partial charge in [-0.15, -0.1) is 0 Å². The topological polar surface area (TPSA) is 49.4 Å². The van der Waals surface area contributed by atoms with Crippen LogP contribution in [-0.4, -0.2) is 44.7 Å². The lowest BCUT2D eigenvalue weighted by atomic mass is 10.0. The van der Waals surface area contributed by atoms with E-state index in [0.717, 1.165) is 45.4 Å². The second-order valence-electron chi connectivity index (χ2n) is 6.04. The van der Waals surface area contributed by atoms with Gasteiger partial charge in [-0.2, -0.15) is 0 Å². The van der Waals surface area contributed by atoms with Gasteiger partial charge in [-0.1, -0.05) is 13.3 Å². The Kier molecular flexibility index (Phi) is 5.66. The number of unbranched alkanes of at least 4 members (excludes halogenated alkanes) is 1. The zero-order valence-corrected chi connectivity index (χ0v) is 12.9. The summed E-state index contributed by atoms with van der Waals surface area (Å²) in [5.74, 6) is 1.64. The third-order valence-corrected chi connectivity index (χ3v) is 6.41. The van der Waals surface area contributed by atoms with E-state index in [1.165, 1.54) is 19.3 Å². The number of fused-ring (bicyclic) bond motifs is 1. The Morgan fingerprint density at radius 3 is 2.42 bits per heavy atom. The number of hydrogen-bond acceptors (Lipinski definition) is 3. The Morgan fingerprint density at radius 1 is 1.11 bits per heavy atom. The average molecular weight is 288 g/mol. The van der Waals surface area contributed by atoms with Gasteiger partial charge in [-0.3, -0.25) is 0 Å². The second-order valence-corrected chi connectivity index (χ2v) is 8.13.